The highest BCUT2D eigenvalue weighted by molar-refractivity contribution is 5.20. The van der Waals surface area contributed by atoms with Gasteiger partial charge in [-0.3, -0.25) is 9.67 Å². The van der Waals surface area contributed by atoms with Gasteiger partial charge in [-0.05, 0) is 65.3 Å². The average molecular weight is 323 g/mol. The number of hydrogen-bond acceptors (Lipinski definition) is 2. The SMILES string of the molecule is Cc1cc(C)n(C)n1.Cc1cccc(C)c1.Cc1ccnc(C)c1. The van der Waals surface area contributed by atoms with Crippen LogP contribution in [0.1, 0.15) is 33.8 Å². The lowest BCUT2D eigenvalue weighted by molar-refractivity contribution is 0.731. The molecule has 3 aromatic rings. The van der Waals surface area contributed by atoms with E-state index in [9.17, 15) is 0 Å². The second-order valence-electron chi connectivity index (χ2n) is 6.18. The maximum Gasteiger partial charge on any atom is 0.0596 e. The fraction of sp³-hybridized carbons (Fsp3) is 0.333. The van der Waals surface area contributed by atoms with Crippen LogP contribution >= 0.6 is 0 Å². The van der Waals surface area contributed by atoms with Crippen LogP contribution in [0.4, 0.5) is 0 Å². The lowest BCUT2D eigenvalue weighted by atomic mass is 10.2. The highest BCUT2D eigenvalue weighted by Gasteiger charge is 1.91. The van der Waals surface area contributed by atoms with Gasteiger partial charge in [-0.25, -0.2) is 0 Å². The molecule has 0 saturated carbocycles. The predicted octanol–water partition coefficient (Wildman–Crippen LogP) is 5.04. The fourth-order valence-corrected chi connectivity index (χ4v) is 2.23. The zero-order chi connectivity index (χ0) is 18.1. The van der Waals surface area contributed by atoms with Crippen LogP contribution in [-0.2, 0) is 7.05 Å². The normalized spacial score (nSPS) is 9.46. The van der Waals surface area contributed by atoms with Crippen molar-refractivity contribution in [1.82, 2.24) is 14.8 Å². The average Bonchev–Trinajstić information content (AvgIpc) is 2.76. The molecular formula is C21H29N3. The van der Waals surface area contributed by atoms with Gasteiger partial charge < -0.3 is 0 Å². The summed E-state index contributed by atoms with van der Waals surface area (Å²) in [5, 5.41) is 4.13. The Labute approximate surface area is 146 Å². The third kappa shape index (κ3) is 7.73. The van der Waals surface area contributed by atoms with Crippen LogP contribution in [0.25, 0.3) is 0 Å². The molecule has 3 nitrogen and oxygen atoms in total. The number of hydrogen-bond donors (Lipinski definition) is 0. The Morgan fingerprint density at radius 1 is 0.708 bits per heavy atom. The molecule has 0 aliphatic heterocycles. The summed E-state index contributed by atoms with van der Waals surface area (Å²) in [6, 6.07) is 14.6. The topological polar surface area (TPSA) is 30.7 Å². The van der Waals surface area contributed by atoms with Gasteiger partial charge in [0, 0.05) is 24.6 Å². The summed E-state index contributed by atoms with van der Waals surface area (Å²) in [6.45, 7) is 12.3. The lowest BCUT2D eigenvalue weighted by Crippen LogP contribution is -1.91. The lowest BCUT2D eigenvalue weighted by Gasteiger charge is -1.90. The van der Waals surface area contributed by atoms with Gasteiger partial charge in [0.1, 0.15) is 0 Å². The second kappa shape index (κ2) is 9.66. The van der Waals surface area contributed by atoms with Crippen LogP contribution in [0.5, 0.6) is 0 Å². The van der Waals surface area contributed by atoms with Crippen LogP contribution in [0.15, 0.2) is 48.7 Å². The van der Waals surface area contributed by atoms with E-state index in [2.05, 4.69) is 67.3 Å². The standard InChI is InChI=1S/C8H10.C7H9N.C6H10N2/c1-7-4-3-5-8(2)6-7;1-6-3-4-8-7(2)5-6;1-5-4-6(2)8(3)7-5/h3-6H,1-2H3;3-5H,1-2H3;4H,1-3H3. The Morgan fingerprint density at radius 3 is 1.54 bits per heavy atom. The van der Waals surface area contributed by atoms with E-state index < -0.39 is 0 Å². The summed E-state index contributed by atoms with van der Waals surface area (Å²) >= 11 is 0. The summed E-state index contributed by atoms with van der Waals surface area (Å²) in [4.78, 5) is 4.04. The molecule has 0 unspecified atom stereocenters. The van der Waals surface area contributed by atoms with Gasteiger partial charge in [-0.1, -0.05) is 35.4 Å². The zero-order valence-electron chi connectivity index (χ0n) is 16.0. The van der Waals surface area contributed by atoms with Crippen molar-refractivity contribution in [2.45, 2.75) is 41.5 Å². The van der Waals surface area contributed by atoms with Crippen LogP contribution in [-0.4, -0.2) is 14.8 Å². The molecule has 1 aromatic carbocycles. The smallest absolute Gasteiger partial charge is 0.0596 e. The first-order valence-corrected chi connectivity index (χ1v) is 8.17. The van der Waals surface area contributed by atoms with Gasteiger partial charge in [0.05, 0.1) is 5.69 Å². The molecule has 24 heavy (non-hydrogen) atoms. The van der Waals surface area contributed by atoms with E-state index in [1.807, 2.05) is 44.8 Å². The molecule has 0 saturated heterocycles. The highest BCUT2D eigenvalue weighted by Crippen LogP contribution is 2.00. The van der Waals surface area contributed by atoms with Crippen LogP contribution in [0, 0.1) is 41.5 Å². The van der Waals surface area contributed by atoms with E-state index in [0.717, 1.165) is 11.4 Å². The van der Waals surface area contributed by atoms with E-state index >= 15 is 0 Å². The van der Waals surface area contributed by atoms with E-state index in [-0.39, 0.29) is 0 Å². The zero-order valence-corrected chi connectivity index (χ0v) is 16.0. The van der Waals surface area contributed by atoms with Gasteiger partial charge in [-0.15, -0.1) is 0 Å². The van der Waals surface area contributed by atoms with E-state index in [1.54, 1.807) is 0 Å². The molecule has 3 rings (SSSR count). The summed E-state index contributed by atoms with van der Waals surface area (Å²) in [6.07, 6.45) is 1.82. The molecular weight excluding hydrogens is 294 g/mol. The monoisotopic (exact) mass is 323 g/mol. The Kier molecular flexibility index (Phi) is 7.90. The van der Waals surface area contributed by atoms with Gasteiger partial charge in [0.25, 0.3) is 0 Å². The van der Waals surface area contributed by atoms with Gasteiger partial charge in [0.15, 0.2) is 0 Å². The fourth-order valence-electron chi connectivity index (χ4n) is 2.23. The second-order valence-corrected chi connectivity index (χ2v) is 6.18. The summed E-state index contributed by atoms with van der Waals surface area (Å²) in [5.41, 5.74) is 7.34. The molecule has 0 bridgehead atoms. The largest absolute Gasteiger partial charge is 0.273 e. The molecule has 0 aliphatic rings. The van der Waals surface area contributed by atoms with Gasteiger partial charge >= 0.3 is 0 Å². The summed E-state index contributed by atoms with van der Waals surface area (Å²) in [5.74, 6) is 0. The number of nitrogens with zero attached hydrogens (tertiary/aromatic N) is 3. The number of aromatic nitrogens is 3. The van der Waals surface area contributed by atoms with Crippen LogP contribution in [0.2, 0.25) is 0 Å². The Hall–Kier alpha value is -2.42. The number of aryl methyl sites for hydroxylation is 7. The third-order valence-electron chi connectivity index (χ3n) is 3.46. The first-order valence-electron chi connectivity index (χ1n) is 8.17. The van der Waals surface area contributed by atoms with Crippen LogP contribution in [0.3, 0.4) is 0 Å². The molecule has 3 heteroatoms. The summed E-state index contributed by atoms with van der Waals surface area (Å²) in [7, 11) is 1.95. The van der Waals surface area contributed by atoms with E-state index in [0.29, 0.717) is 0 Å². The molecule has 0 radical (unpaired) electrons. The minimum absolute atomic E-state index is 1.09. The van der Waals surface area contributed by atoms with Crippen molar-refractivity contribution in [2.24, 2.45) is 7.05 Å². The Bertz CT molecular complexity index is 660. The minimum Gasteiger partial charge on any atom is -0.273 e. The molecule has 0 atom stereocenters. The Balaban J connectivity index is 0.000000180. The molecule has 2 heterocycles. The maximum absolute atomic E-state index is 4.13. The van der Waals surface area contributed by atoms with Gasteiger partial charge in [-0.2, -0.15) is 5.10 Å². The van der Waals surface area contributed by atoms with Gasteiger partial charge in [0.2, 0.25) is 0 Å². The quantitative estimate of drug-likeness (QED) is 0.580. The molecule has 0 spiro atoms. The Morgan fingerprint density at radius 2 is 1.29 bits per heavy atom. The molecule has 0 amide bonds. The molecule has 0 fully saturated rings. The molecule has 2 aromatic heterocycles. The molecule has 128 valence electrons. The van der Waals surface area contributed by atoms with Crippen molar-refractivity contribution >= 4 is 0 Å². The van der Waals surface area contributed by atoms with Crippen LogP contribution < -0.4 is 0 Å². The van der Waals surface area contributed by atoms with Crippen molar-refractivity contribution < 1.29 is 0 Å². The van der Waals surface area contributed by atoms with Crippen molar-refractivity contribution in [3.05, 3.63) is 82.4 Å². The molecule has 0 aliphatic carbocycles. The third-order valence-corrected chi connectivity index (χ3v) is 3.46. The van der Waals surface area contributed by atoms with Crippen molar-refractivity contribution in [1.29, 1.82) is 0 Å². The maximum atomic E-state index is 4.13. The first kappa shape index (κ1) is 19.6. The summed E-state index contributed by atoms with van der Waals surface area (Å²) < 4.78 is 1.87. The highest BCUT2D eigenvalue weighted by atomic mass is 15.3. The molecule has 0 N–H and O–H groups in total. The van der Waals surface area contributed by atoms with E-state index in [1.165, 1.54) is 22.4 Å². The number of pyridine rings is 1. The van der Waals surface area contributed by atoms with E-state index in [4.69, 9.17) is 0 Å². The van der Waals surface area contributed by atoms with Crippen molar-refractivity contribution in [3.63, 3.8) is 0 Å². The minimum atomic E-state index is 1.09. The van der Waals surface area contributed by atoms with Crippen molar-refractivity contribution in [2.75, 3.05) is 0 Å². The van der Waals surface area contributed by atoms with Crippen molar-refractivity contribution in [3.8, 4) is 0 Å². The predicted molar refractivity (Wildman–Crippen MR) is 102 cm³/mol. The number of rotatable bonds is 0. The first-order chi connectivity index (χ1) is 11.3. The number of benzene rings is 1.